The van der Waals surface area contributed by atoms with Crippen molar-refractivity contribution >= 4 is 46.1 Å². The summed E-state index contributed by atoms with van der Waals surface area (Å²) in [4.78, 5) is 40.4. The summed E-state index contributed by atoms with van der Waals surface area (Å²) in [7, 11) is 0. The van der Waals surface area contributed by atoms with Crippen molar-refractivity contribution in [1.82, 2.24) is 30.0 Å². The lowest BCUT2D eigenvalue weighted by Gasteiger charge is -2.41. The molecule has 5 heterocycles. The van der Waals surface area contributed by atoms with E-state index in [1.54, 1.807) is 18.2 Å². The number of nitrogens with two attached hydrogens (primary N) is 1. The topological polar surface area (TPSA) is 135 Å². The van der Waals surface area contributed by atoms with E-state index in [2.05, 4.69) is 47.2 Å². The lowest BCUT2D eigenvalue weighted by atomic mass is 9.90. The standard InChI is InChI=1S/C33H33N9O2/c1-35-23-12-14-36-27(18-23)39-32(43)21-10-8-20(9-11-21)29-28-30-22(19-37-31(28)34)5-2-3-15-41-16-13-26(41)33(44)38-24-6-4-7-25(17-24)42(30)40-29/h2,5,8-12,14,18-19,24-26H,3-4,6-7,13,15-17H2,(H2,34,37)(H,38,44)(H,36,39,43)/b5-2+/t24-,25-,26+/m1/s1. The van der Waals surface area contributed by atoms with Gasteiger partial charge in [0.2, 0.25) is 5.91 Å². The summed E-state index contributed by atoms with van der Waals surface area (Å²) in [6.45, 7) is 8.97. The third kappa shape index (κ3) is 5.18. The van der Waals surface area contributed by atoms with Gasteiger partial charge in [-0.05, 0) is 62.8 Å². The Bertz CT molecular complexity index is 1820. The molecule has 0 radical (unpaired) electrons. The number of carbonyl (C=O) groups excluding carboxylic acids is 2. The van der Waals surface area contributed by atoms with Crippen LogP contribution in [0.3, 0.4) is 0 Å². The molecule has 2 bridgehead atoms. The number of hydrogen-bond donors (Lipinski definition) is 3. The number of carbonyl (C=O) groups is 2. The van der Waals surface area contributed by atoms with Crippen LogP contribution >= 0.6 is 0 Å². The highest BCUT2D eigenvalue weighted by Crippen LogP contribution is 2.39. The molecular formula is C33H33N9O2. The molecule has 4 aromatic rings. The molecule has 7 rings (SSSR count). The number of hydrogen-bond acceptors (Lipinski definition) is 7. The van der Waals surface area contributed by atoms with Crippen LogP contribution in [0, 0.1) is 6.57 Å². The van der Waals surface area contributed by atoms with Crippen LogP contribution in [0.1, 0.15) is 60.5 Å². The highest BCUT2D eigenvalue weighted by molar-refractivity contribution is 6.06. The second kappa shape index (κ2) is 11.5. The van der Waals surface area contributed by atoms with Gasteiger partial charge in [-0.25, -0.2) is 14.8 Å². The molecule has 222 valence electrons. The molecule has 3 atom stereocenters. The summed E-state index contributed by atoms with van der Waals surface area (Å²) < 4.78 is 2.10. The molecule has 1 aliphatic carbocycles. The fourth-order valence-electron chi connectivity index (χ4n) is 6.60. The average Bonchev–Trinajstić information content (AvgIpc) is 3.43. The molecule has 2 fully saturated rings. The zero-order valence-electron chi connectivity index (χ0n) is 24.2. The third-order valence-electron chi connectivity index (χ3n) is 8.97. The Morgan fingerprint density at radius 3 is 2.77 bits per heavy atom. The highest BCUT2D eigenvalue weighted by Gasteiger charge is 2.36. The molecular weight excluding hydrogens is 554 g/mol. The fourth-order valence-corrected chi connectivity index (χ4v) is 6.60. The van der Waals surface area contributed by atoms with Crippen molar-refractivity contribution < 1.29 is 9.59 Å². The first-order valence-corrected chi connectivity index (χ1v) is 15.1. The maximum atomic E-state index is 13.1. The Balaban J connectivity index is 1.25. The van der Waals surface area contributed by atoms with Gasteiger partial charge in [0.15, 0.2) is 5.69 Å². The smallest absolute Gasteiger partial charge is 0.256 e. The van der Waals surface area contributed by atoms with Gasteiger partial charge in [-0.1, -0.05) is 24.3 Å². The zero-order valence-corrected chi connectivity index (χ0v) is 24.2. The summed E-state index contributed by atoms with van der Waals surface area (Å²) >= 11 is 0. The number of amides is 2. The molecule has 11 nitrogen and oxygen atoms in total. The van der Waals surface area contributed by atoms with Crippen molar-refractivity contribution in [3.8, 4) is 11.3 Å². The van der Waals surface area contributed by atoms with Gasteiger partial charge in [0.1, 0.15) is 17.3 Å². The molecule has 3 aromatic heterocycles. The molecule has 1 saturated heterocycles. The first-order chi connectivity index (χ1) is 21.5. The van der Waals surface area contributed by atoms with E-state index in [-0.39, 0.29) is 29.9 Å². The fraction of sp³-hybridized carbons (Fsp3) is 0.333. The van der Waals surface area contributed by atoms with Crippen molar-refractivity contribution in [3.05, 3.63) is 77.4 Å². The second-order valence-corrected chi connectivity index (χ2v) is 11.7. The number of pyridine rings is 2. The highest BCUT2D eigenvalue weighted by atomic mass is 16.2. The van der Waals surface area contributed by atoms with Crippen molar-refractivity contribution in [2.24, 2.45) is 0 Å². The van der Waals surface area contributed by atoms with Gasteiger partial charge >= 0.3 is 0 Å². The molecule has 1 saturated carbocycles. The number of aromatic nitrogens is 4. The van der Waals surface area contributed by atoms with Gasteiger partial charge in [0.25, 0.3) is 5.91 Å². The quantitative estimate of drug-likeness (QED) is 0.288. The second-order valence-electron chi connectivity index (χ2n) is 11.7. The predicted molar refractivity (Wildman–Crippen MR) is 169 cm³/mol. The third-order valence-corrected chi connectivity index (χ3v) is 8.97. The number of anilines is 2. The van der Waals surface area contributed by atoms with Crippen molar-refractivity contribution in [2.75, 3.05) is 24.1 Å². The van der Waals surface area contributed by atoms with Gasteiger partial charge in [-0.2, -0.15) is 5.10 Å². The Morgan fingerprint density at radius 2 is 1.98 bits per heavy atom. The van der Waals surface area contributed by atoms with E-state index in [0.29, 0.717) is 28.6 Å². The summed E-state index contributed by atoms with van der Waals surface area (Å²) in [5, 5.41) is 12.1. The first-order valence-electron chi connectivity index (χ1n) is 15.1. The van der Waals surface area contributed by atoms with E-state index in [4.69, 9.17) is 17.4 Å². The van der Waals surface area contributed by atoms with Crippen molar-refractivity contribution in [2.45, 2.75) is 56.7 Å². The first kappa shape index (κ1) is 27.7. The number of fused-ring (bicyclic) bond motifs is 4. The summed E-state index contributed by atoms with van der Waals surface area (Å²) in [5.74, 6) is 0.532. The van der Waals surface area contributed by atoms with Crippen LogP contribution in [-0.4, -0.2) is 61.6 Å². The number of rotatable bonds is 3. The molecule has 2 aliphatic heterocycles. The van der Waals surface area contributed by atoms with Crippen molar-refractivity contribution in [1.29, 1.82) is 0 Å². The molecule has 4 N–H and O–H groups in total. The normalized spacial score (nSPS) is 22.5. The van der Waals surface area contributed by atoms with E-state index in [1.807, 2.05) is 18.3 Å². The van der Waals surface area contributed by atoms with E-state index >= 15 is 0 Å². The number of benzene rings is 1. The zero-order chi connectivity index (χ0) is 30.2. The van der Waals surface area contributed by atoms with Gasteiger partial charge in [-0.3, -0.25) is 19.2 Å². The average molecular weight is 588 g/mol. The van der Waals surface area contributed by atoms with Crippen LogP contribution in [0.2, 0.25) is 0 Å². The van der Waals surface area contributed by atoms with Crippen LogP contribution in [0.5, 0.6) is 0 Å². The lowest BCUT2D eigenvalue weighted by molar-refractivity contribution is -0.131. The lowest BCUT2D eigenvalue weighted by Crippen LogP contribution is -2.58. The molecule has 3 aliphatic rings. The molecule has 11 heteroatoms. The van der Waals surface area contributed by atoms with E-state index in [0.717, 1.165) is 73.6 Å². The van der Waals surface area contributed by atoms with E-state index in [9.17, 15) is 9.59 Å². The summed E-state index contributed by atoms with van der Waals surface area (Å²) in [5.41, 5.74) is 10.8. The molecule has 2 amide bonds. The molecule has 44 heavy (non-hydrogen) atoms. The van der Waals surface area contributed by atoms with Crippen LogP contribution in [0.15, 0.2) is 54.9 Å². The maximum absolute atomic E-state index is 13.1. The predicted octanol–water partition coefficient (Wildman–Crippen LogP) is 4.97. The van der Waals surface area contributed by atoms with Gasteiger partial charge in [-0.15, -0.1) is 0 Å². The minimum atomic E-state index is -0.326. The number of nitrogen functional groups attached to an aromatic ring is 1. The summed E-state index contributed by atoms with van der Waals surface area (Å²) in [6.07, 6.45) is 13.0. The summed E-state index contributed by atoms with van der Waals surface area (Å²) in [6, 6.07) is 10.5. The number of nitrogens with one attached hydrogen (secondary N) is 2. The number of nitrogens with zero attached hydrogens (tertiary/aromatic N) is 6. The Hall–Kier alpha value is -5.08. The Kier molecular flexibility index (Phi) is 7.28. The molecule has 1 aromatic carbocycles. The monoisotopic (exact) mass is 587 g/mol. The van der Waals surface area contributed by atoms with Crippen LogP contribution in [0.25, 0.3) is 33.1 Å². The Labute approximate surface area is 255 Å². The van der Waals surface area contributed by atoms with Crippen LogP contribution in [0.4, 0.5) is 17.3 Å². The molecule has 0 unspecified atom stereocenters. The van der Waals surface area contributed by atoms with Gasteiger partial charge < -0.3 is 16.4 Å². The largest absolute Gasteiger partial charge is 0.383 e. The minimum absolute atomic E-state index is 0.0336. The molecule has 0 spiro atoms. The van der Waals surface area contributed by atoms with Crippen LogP contribution in [-0.2, 0) is 4.79 Å². The Morgan fingerprint density at radius 1 is 1.11 bits per heavy atom. The van der Waals surface area contributed by atoms with E-state index in [1.165, 1.54) is 12.3 Å². The van der Waals surface area contributed by atoms with E-state index < -0.39 is 0 Å². The van der Waals surface area contributed by atoms with Gasteiger partial charge in [0.05, 0.1) is 29.6 Å². The SMILES string of the molecule is [C-]#[N+]c1ccnc(NC(=O)c2ccc(-c3nn4c5c(cnc(N)c35)/C=C/CCN3CC[C@H]3C(=O)N[C@@H]3CCC[C@@H]4C3)cc2)c1. The van der Waals surface area contributed by atoms with Gasteiger partial charge in [0, 0.05) is 48.2 Å². The maximum Gasteiger partial charge on any atom is 0.256 e. The van der Waals surface area contributed by atoms with Crippen LogP contribution < -0.4 is 16.4 Å². The minimum Gasteiger partial charge on any atom is -0.383 e. The van der Waals surface area contributed by atoms with Crippen molar-refractivity contribution in [3.63, 3.8) is 0 Å².